The minimum Gasteiger partial charge on any atom is -0.480 e. The SMILES string of the molecule is C[C@@H](N)C(=O)N[C@@H](Cc1ccccc1)C(=O)O. The lowest BCUT2D eigenvalue weighted by Crippen LogP contribution is -2.48. The molecule has 0 spiro atoms. The molecule has 5 heteroatoms. The molecule has 0 heterocycles. The maximum absolute atomic E-state index is 11.3. The normalized spacial score (nSPS) is 13.8. The Bertz CT molecular complexity index is 390. The lowest BCUT2D eigenvalue weighted by molar-refractivity contribution is -0.141. The number of carbonyl (C=O) groups is 2. The fraction of sp³-hybridized carbons (Fsp3) is 0.333. The third kappa shape index (κ3) is 4.24. The molecule has 1 aromatic carbocycles. The Balaban J connectivity index is 2.68. The Morgan fingerprint density at radius 3 is 2.41 bits per heavy atom. The van der Waals surface area contributed by atoms with Gasteiger partial charge in [0.15, 0.2) is 0 Å². The number of aliphatic carboxylic acids is 1. The summed E-state index contributed by atoms with van der Waals surface area (Å²) in [5.41, 5.74) is 6.22. The van der Waals surface area contributed by atoms with Crippen LogP contribution in [0.5, 0.6) is 0 Å². The number of carbonyl (C=O) groups excluding carboxylic acids is 1. The van der Waals surface area contributed by atoms with E-state index in [-0.39, 0.29) is 6.42 Å². The molecule has 1 aromatic rings. The van der Waals surface area contributed by atoms with Crippen LogP contribution in [-0.2, 0) is 16.0 Å². The van der Waals surface area contributed by atoms with Gasteiger partial charge >= 0.3 is 5.97 Å². The summed E-state index contributed by atoms with van der Waals surface area (Å²) >= 11 is 0. The van der Waals surface area contributed by atoms with Crippen molar-refractivity contribution in [3.05, 3.63) is 35.9 Å². The second kappa shape index (κ2) is 6.00. The topological polar surface area (TPSA) is 92.4 Å². The Morgan fingerprint density at radius 1 is 1.35 bits per heavy atom. The summed E-state index contributed by atoms with van der Waals surface area (Å²) in [4.78, 5) is 22.4. The zero-order valence-electron chi connectivity index (χ0n) is 9.59. The lowest BCUT2D eigenvalue weighted by atomic mass is 10.1. The van der Waals surface area contributed by atoms with Gasteiger partial charge in [-0.05, 0) is 12.5 Å². The van der Waals surface area contributed by atoms with E-state index in [9.17, 15) is 9.59 Å². The van der Waals surface area contributed by atoms with Crippen LogP contribution in [0.25, 0.3) is 0 Å². The molecular weight excluding hydrogens is 220 g/mol. The maximum atomic E-state index is 11.3. The molecule has 0 aliphatic heterocycles. The van der Waals surface area contributed by atoms with Gasteiger partial charge in [-0.1, -0.05) is 30.3 Å². The van der Waals surface area contributed by atoms with Crippen LogP contribution < -0.4 is 11.1 Å². The van der Waals surface area contributed by atoms with Gasteiger partial charge in [0, 0.05) is 6.42 Å². The number of carboxylic acids is 1. The molecule has 0 aliphatic rings. The molecule has 5 nitrogen and oxygen atoms in total. The van der Waals surface area contributed by atoms with Crippen LogP contribution in [0.3, 0.4) is 0 Å². The van der Waals surface area contributed by atoms with Crippen molar-refractivity contribution in [1.29, 1.82) is 0 Å². The van der Waals surface area contributed by atoms with Crippen molar-refractivity contribution >= 4 is 11.9 Å². The van der Waals surface area contributed by atoms with E-state index in [1.165, 1.54) is 6.92 Å². The van der Waals surface area contributed by atoms with E-state index in [1.54, 1.807) is 0 Å². The fourth-order valence-corrected chi connectivity index (χ4v) is 1.35. The molecule has 4 N–H and O–H groups in total. The van der Waals surface area contributed by atoms with E-state index in [4.69, 9.17) is 10.8 Å². The first-order chi connectivity index (χ1) is 8.00. The molecule has 1 amide bonds. The van der Waals surface area contributed by atoms with Gasteiger partial charge in [-0.3, -0.25) is 4.79 Å². The van der Waals surface area contributed by atoms with Crippen molar-refractivity contribution in [2.24, 2.45) is 5.73 Å². The smallest absolute Gasteiger partial charge is 0.326 e. The quantitative estimate of drug-likeness (QED) is 0.678. The van der Waals surface area contributed by atoms with Crippen LogP contribution in [0.4, 0.5) is 0 Å². The summed E-state index contributed by atoms with van der Waals surface area (Å²) in [6.45, 7) is 1.51. The van der Waals surface area contributed by atoms with Crippen molar-refractivity contribution in [1.82, 2.24) is 5.32 Å². The van der Waals surface area contributed by atoms with Crippen molar-refractivity contribution in [2.75, 3.05) is 0 Å². The number of amides is 1. The highest BCUT2D eigenvalue weighted by atomic mass is 16.4. The Kier molecular flexibility index (Phi) is 4.66. The highest BCUT2D eigenvalue weighted by Crippen LogP contribution is 2.03. The fourth-order valence-electron chi connectivity index (χ4n) is 1.35. The highest BCUT2D eigenvalue weighted by Gasteiger charge is 2.21. The molecule has 0 bridgehead atoms. The molecule has 17 heavy (non-hydrogen) atoms. The monoisotopic (exact) mass is 236 g/mol. The first kappa shape index (κ1) is 13.2. The van der Waals surface area contributed by atoms with E-state index >= 15 is 0 Å². The number of rotatable bonds is 5. The predicted octanol–water partition coefficient (Wildman–Crippen LogP) is 0.146. The Labute approximate surface area is 99.6 Å². The minimum atomic E-state index is -1.07. The summed E-state index contributed by atoms with van der Waals surface area (Å²) in [5, 5.41) is 11.4. The predicted molar refractivity (Wildman–Crippen MR) is 63.4 cm³/mol. The molecule has 0 aromatic heterocycles. The second-order valence-corrected chi connectivity index (χ2v) is 3.88. The van der Waals surface area contributed by atoms with Crippen molar-refractivity contribution < 1.29 is 14.7 Å². The lowest BCUT2D eigenvalue weighted by Gasteiger charge is -2.16. The van der Waals surface area contributed by atoms with Gasteiger partial charge in [-0.25, -0.2) is 4.79 Å². The third-order valence-electron chi connectivity index (χ3n) is 2.31. The first-order valence-electron chi connectivity index (χ1n) is 5.33. The van der Waals surface area contributed by atoms with Crippen LogP contribution in [0, 0.1) is 0 Å². The van der Waals surface area contributed by atoms with E-state index in [1.807, 2.05) is 30.3 Å². The summed E-state index contributed by atoms with van der Waals surface area (Å²) in [5.74, 6) is -1.53. The van der Waals surface area contributed by atoms with Gasteiger partial charge in [-0.2, -0.15) is 0 Å². The number of hydrogen-bond donors (Lipinski definition) is 3. The van der Waals surface area contributed by atoms with Crippen molar-refractivity contribution in [3.8, 4) is 0 Å². The van der Waals surface area contributed by atoms with Crippen molar-refractivity contribution in [3.63, 3.8) is 0 Å². The molecule has 0 fully saturated rings. The largest absolute Gasteiger partial charge is 0.480 e. The molecule has 0 saturated heterocycles. The summed E-state index contributed by atoms with van der Waals surface area (Å²) in [6, 6.07) is 7.45. The first-order valence-corrected chi connectivity index (χ1v) is 5.33. The van der Waals surface area contributed by atoms with Gasteiger partial charge in [0.05, 0.1) is 6.04 Å². The summed E-state index contributed by atoms with van der Waals surface area (Å²) < 4.78 is 0. The van der Waals surface area contributed by atoms with Crippen LogP contribution >= 0.6 is 0 Å². The molecule has 1 rings (SSSR count). The van der Waals surface area contributed by atoms with Gasteiger partial charge in [0.1, 0.15) is 6.04 Å². The summed E-state index contributed by atoms with van der Waals surface area (Å²) in [6.07, 6.45) is 0.245. The van der Waals surface area contributed by atoms with Crippen LogP contribution in [0.1, 0.15) is 12.5 Å². The molecule has 0 aliphatic carbocycles. The Hall–Kier alpha value is -1.88. The standard InChI is InChI=1S/C12H16N2O3/c1-8(13)11(15)14-10(12(16)17)7-9-5-3-2-4-6-9/h2-6,8,10H,7,13H2,1H3,(H,14,15)(H,16,17)/t8-,10+/m1/s1. The van der Waals surface area contributed by atoms with Crippen molar-refractivity contribution in [2.45, 2.75) is 25.4 Å². The average Bonchev–Trinajstić information content (AvgIpc) is 2.29. The van der Waals surface area contributed by atoms with E-state index in [0.29, 0.717) is 0 Å². The zero-order valence-corrected chi connectivity index (χ0v) is 9.59. The van der Waals surface area contributed by atoms with E-state index in [0.717, 1.165) is 5.56 Å². The van der Waals surface area contributed by atoms with Crippen LogP contribution in [-0.4, -0.2) is 29.1 Å². The molecular formula is C12H16N2O3. The zero-order chi connectivity index (χ0) is 12.8. The minimum absolute atomic E-state index is 0.245. The molecule has 0 unspecified atom stereocenters. The molecule has 2 atom stereocenters. The number of benzene rings is 1. The van der Waals surface area contributed by atoms with E-state index < -0.39 is 24.0 Å². The van der Waals surface area contributed by atoms with E-state index in [2.05, 4.69) is 5.32 Å². The number of hydrogen-bond acceptors (Lipinski definition) is 3. The maximum Gasteiger partial charge on any atom is 0.326 e. The third-order valence-corrected chi connectivity index (χ3v) is 2.31. The van der Waals surface area contributed by atoms with Gasteiger partial charge in [-0.15, -0.1) is 0 Å². The van der Waals surface area contributed by atoms with Gasteiger partial charge in [0.2, 0.25) is 5.91 Å². The van der Waals surface area contributed by atoms with Gasteiger partial charge in [0.25, 0.3) is 0 Å². The Morgan fingerprint density at radius 2 is 1.94 bits per heavy atom. The summed E-state index contributed by atoms with van der Waals surface area (Å²) in [7, 11) is 0. The number of nitrogens with one attached hydrogen (secondary N) is 1. The van der Waals surface area contributed by atoms with Gasteiger partial charge < -0.3 is 16.2 Å². The van der Waals surface area contributed by atoms with Crippen LogP contribution in [0.15, 0.2) is 30.3 Å². The highest BCUT2D eigenvalue weighted by molar-refractivity contribution is 5.86. The van der Waals surface area contributed by atoms with Crippen LogP contribution in [0.2, 0.25) is 0 Å². The number of nitrogens with two attached hydrogens (primary N) is 1. The molecule has 92 valence electrons. The average molecular weight is 236 g/mol. The number of carboxylic acid groups (broad SMARTS) is 1. The second-order valence-electron chi connectivity index (χ2n) is 3.88. The molecule has 0 radical (unpaired) electrons. The molecule has 0 saturated carbocycles.